The number of anilines is 5. The molecule has 0 spiro atoms. The standard InChI is InChI=1S/C21H25FN8/c1-29-8-10-30(11-9-29)16-6-4-15(5-7-16)24-21-23-13-17(22)20(26-21)25-19-12-18(27-28-19)14-2-3-14/h4-7,12-14H,2-3,8-11H2,1H3,(H3,23,24,25,26,27,28). The average Bonchev–Trinajstić information content (AvgIpc) is 3.51. The van der Waals surface area contributed by atoms with Crippen molar-refractivity contribution in [2.45, 2.75) is 18.8 Å². The van der Waals surface area contributed by atoms with E-state index in [1.54, 1.807) is 0 Å². The van der Waals surface area contributed by atoms with E-state index in [1.165, 1.54) is 18.5 Å². The van der Waals surface area contributed by atoms with Crippen LogP contribution in [0.5, 0.6) is 0 Å². The normalized spacial score (nSPS) is 17.2. The van der Waals surface area contributed by atoms with Gasteiger partial charge in [0.15, 0.2) is 17.5 Å². The Bertz CT molecular complexity index is 1010. The van der Waals surface area contributed by atoms with Crippen LogP contribution in [0.15, 0.2) is 36.5 Å². The summed E-state index contributed by atoms with van der Waals surface area (Å²) in [7, 11) is 2.15. The smallest absolute Gasteiger partial charge is 0.229 e. The number of aromatic nitrogens is 4. The highest BCUT2D eigenvalue weighted by atomic mass is 19.1. The Kier molecular flexibility index (Phi) is 4.96. The van der Waals surface area contributed by atoms with Crippen molar-refractivity contribution >= 4 is 29.0 Å². The number of hydrogen-bond acceptors (Lipinski definition) is 7. The van der Waals surface area contributed by atoms with Gasteiger partial charge < -0.3 is 20.4 Å². The number of piperazine rings is 1. The monoisotopic (exact) mass is 408 g/mol. The first-order valence-electron chi connectivity index (χ1n) is 10.3. The van der Waals surface area contributed by atoms with Crippen LogP contribution in [-0.4, -0.2) is 58.3 Å². The topological polar surface area (TPSA) is 85.0 Å². The molecule has 5 rings (SSSR count). The number of aromatic amines is 1. The van der Waals surface area contributed by atoms with Crippen molar-refractivity contribution < 1.29 is 4.39 Å². The Balaban J connectivity index is 1.26. The molecule has 9 heteroatoms. The summed E-state index contributed by atoms with van der Waals surface area (Å²) in [6, 6.07) is 10.1. The van der Waals surface area contributed by atoms with Gasteiger partial charge in [-0.05, 0) is 44.2 Å². The van der Waals surface area contributed by atoms with E-state index in [2.05, 4.69) is 59.8 Å². The zero-order valence-corrected chi connectivity index (χ0v) is 16.9. The first-order chi connectivity index (χ1) is 14.6. The summed E-state index contributed by atoms with van der Waals surface area (Å²) < 4.78 is 14.2. The van der Waals surface area contributed by atoms with E-state index in [9.17, 15) is 4.39 Å². The second kappa shape index (κ2) is 7.91. The number of halogens is 1. The molecule has 1 aliphatic heterocycles. The lowest BCUT2D eigenvalue weighted by Gasteiger charge is -2.34. The molecule has 156 valence electrons. The first kappa shape index (κ1) is 18.8. The van der Waals surface area contributed by atoms with Crippen molar-refractivity contribution in [3.8, 4) is 0 Å². The summed E-state index contributed by atoms with van der Waals surface area (Å²) in [5, 5.41) is 13.3. The van der Waals surface area contributed by atoms with Crippen LogP contribution in [0.4, 0.5) is 33.3 Å². The summed E-state index contributed by atoms with van der Waals surface area (Å²) in [5.41, 5.74) is 3.12. The van der Waals surface area contributed by atoms with Crippen molar-refractivity contribution in [1.82, 2.24) is 25.1 Å². The second-order valence-corrected chi connectivity index (χ2v) is 7.96. The molecule has 0 atom stereocenters. The number of nitrogens with zero attached hydrogens (tertiary/aromatic N) is 5. The quantitative estimate of drug-likeness (QED) is 0.576. The molecule has 1 saturated heterocycles. The van der Waals surface area contributed by atoms with Gasteiger partial charge in [-0.3, -0.25) is 5.10 Å². The van der Waals surface area contributed by atoms with E-state index in [0.717, 1.165) is 43.8 Å². The van der Waals surface area contributed by atoms with Gasteiger partial charge in [-0.2, -0.15) is 10.1 Å². The molecule has 1 saturated carbocycles. The number of likely N-dealkylation sites (N-methyl/N-ethyl adjacent to an activating group) is 1. The second-order valence-electron chi connectivity index (χ2n) is 7.96. The largest absolute Gasteiger partial charge is 0.369 e. The summed E-state index contributed by atoms with van der Waals surface area (Å²) in [4.78, 5) is 13.0. The van der Waals surface area contributed by atoms with Gasteiger partial charge in [-0.1, -0.05) is 0 Å². The summed E-state index contributed by atoms with van der Waals surface area (Å²) in [5.74, 6) is 0.993. The fourth-order valence-electron chi connectivity index (χ4n) is 3.59. The minimum atomic E-state index is -0.526. The molecule has 1 aromatic carbocycles. The van der Waals surface area contributed by atoms with Crippen LogP contribution in [0.1, 0.15) is 24.5 Å². The van der Waals surface area contributed by atoms with Crippen LogP contribution in [-0.2, 0) is 0 Å². The summed E-state index contributed by atoms with van der Waals surface area (Å²) in [6.07, 6.45) is 3.50. The van der Waals surface area contributed by atoms with Gasteiger partial charge in [-0.25, -0.2) is 9.37 Å². The van der Waals surface area contributed by atoms with Crippen LogP contribution in [0.25, 0.3) is 0 Å². The van der Waals surface area contributed by atoms with Gasteiger partial charge in [0.05, 0.1) is 6.20 Å². The summed E-state index contributed by atoms with van der Waals surface area (Å²) in [6.45, 7) is 4.18. The van der Waals surface area contributed by atoms with Crippen molar-refractivity contribution in [3.05, 3.63) is 48.0 Å². The van der Waals surface area contributed by atoms with Gasteiger partial charge >= 0.3 is 0 Å². The minimum Gasteiger partial charge on any atom is -0.369 e. The van der Waals surface area contributed by atoms with Crippen LogP contribution < -0.4 is 15.5 Å². The maximum absolute atomic E-state index is 14.2. The molecule has 3 aromatic rings. The van der Waals surface area contributed by atoms with E-state index in [0.29, 0.717) is 17.7 Å². The zero-order valence-electron chi connectivity index (χ0n) is 16.9. The van der Waals surface area contributed by atoms with Crippen molar-refractivity contribution in [1.29, 1.82) is 0 Å². The first-order valence-corrected chi connectivity index (χ1v) is 10.3. The lowest BCUT2D eigenvalue weighted by atomic mass is 10.2. The van der Waals surface area contributed by atoms with E-state index < -0.39 is 5.82 Å². The predicted octanol–water partition coefficient (Wildman–Crippen LogP) is 3.46. The van der Waals surface area contributed by atoms with Gasteiger partial charge in [0.1, 0.15) is 0 Å². The molecule has 2 fully saturated rings. The number of benzene rings is 1. The molecule has 2 aliphatic rings. The fourth-order valence-corrected chi connectivity index (χ4v) is 3.59. The van der Waals surface area contributed by atoms with Crippen molar-refractivity contribution in [3.63, 3.8) is 0 Å². The van der Waals surface area contributed by atoms with Crippen LogP contribution in [0.2, 0.25) is 0 Å². The van der Waals surface area contributed by atoms with Gasteiger partial charge in [-0.15, -0.1) is 0 Å². The van der Waals surface area contributed by atoms with Gasteiger partial charge in [0, 0.05) is 55.2 Å². The third-order valence-electron chi connectivity index (χ3n) is 5.60. The highest BCUT2D eigenvalue weighted by Gasteiger charge is 2.25. The van der Waals surface area contributed by atoms with E-state index in [4.69, 9.17) is 0 Å². The predicted molar refractivity (Wildman–Crippen MR) is 115 cm³/mol. The van der Waals surface area contributed by atoms with Crippen molar-refractivity contribution in [2.75, 3.05) is 48.8 Å². The zero-order chi connectivity index (χ0) is 20.5. The van der Waals surface area contributed by atoms with E-state index >= 15 is 0 Å². The Morgan fingerprint density at radius 2 is 1.83 bits per heavy atom. The molecule has 2 aromatic heterocycles. The third-order valence-corrected chi connectivity index (χ3v) is 5.60. The van der Waals surface area contributed by atoms with Crippen molar-refractivity contribution in [2.24, 2.45) is 0 Å². The molecular weight excluding hydrogens is 383 g/mol. The fraction of sp³-hybridized carbons (Fsp3) is 0.381. The SMILES string of the molecule is CN1CCN(c2ccc(Nc3ncc(F)c(Nc4cc(C5CC5)[nH]n4)n3)cc2)CC1. The lowest BCUT2D eigenvalue weighted by Crippen LogP contribution is -2.44. The maximum atomic E-state index is 14.2. The molecule has 0 bridgehead atoms. The summed E-state index contributed by atoms with van der Waals surface area (Å²) >= 11 is 0. The van der Waals surface area contributed by atoms with Crippen LogP contribution >= 0.6 is 0 Å². The molecule has 1 aliphatic carbocycles. The maximum Gasteiger partial charge on any atom is 0.229 e. The molecule has 0 radical (unpaired) electrons. The Hall–Kier alpha value is -3.20. The Morgan fingerprint density at radius 3 is 2.57 bits per heavy atom. The van der Waals surface area contributed by atoms with Gasteiger partial charge in [0.25, 0.3) is 0 Å². The number of nitrogens with one attached hydrogen (secondary N) is 3. The van der Waals surface area contributed by atoms with E-state index in [-0.39, 0.29) is 5.82 Å². The third kappa shape index (κ3) is 4.20. The van der Waals surface area contributed by atoms with Gasteiger partial charge in [0.2, 0.25) is 5.95 Å². The molecule has 0 unspecified atom stereocenters. The lowest BCUT2D eigenvalue weighted by molar-refractivity contribution is 0.313. The van der Waals surface area contributed by atoms with Crippen LogP contribution in [0, 0.1) is 5.82 Å². The number of hydrogen-bond donors (Lipinski definition) is 3. The molecular formula is C21H25FN8. The minimum absolute atomic E-state index is 0.0930. The molecule has 3 heterocycles. The highest BCUT2D eigenvalue weighted by molar-refractivity contribution is 5.61. The molecule has 0 amide bonds. The molecule has 8 nitrogen and oxygen atoms in total. The van der Waals surface area contributed by atoms with Crippen LogP contribution in [0.3, 0.4) is 0 Å². The molecule has 30 heavy (non-hydrogen) atoms. The number of rotatable bonds is 6. The van der Waals surface area contributed by atoms with E-state index in [1.807, 2.05) is 18.2 Å². The Labute approximate surface area is 174 Å². The Morgan fingerprint density at radius 1 is 1.07 bits per heavy atom. The highest BCUT2D eigenvalue weighted by Crippen LogP contribution is 2.39. The number of H-pyrrole nitrogens is 1. The average molecular weight is 408 g/mol. The molecule has 3 N–H and O–H groups in total.